The van der Waals surface area contributed by atoms with Crippen LogP contribution in [-0.2, 0) is 9.53 Å². The average molecular weight is 347 g/mol. The van der Waals surface area contributed by atoms with Gasteiger partial charge in [-0.15, -0.1) is 0 Å². The molecule has 7 heteroatoms. The summed E-state index contributed by atoms with van der Waals surface area (Å²) < 4.78 is 11.2. The van der Waals surface area contributed by atoms with Gasteiger partial charge in [0.15, 0.2) is 5.89 Å². The lowest BCUT2D eigenvalue weighted by Gasteiger charge is -2.37. The molecule has 1 spiro atoms. The van der Waals surface area contributed by atoms with Crippen molar-refractivity contribution in [3.63, 3.8) is 0 Å². The van der Waals surface area contributed by atoms with E-state index >= 15 is 0 Å². The Morgan fingerprint density at radius 2 is 2.00 bits per heavy atom. The monoisotopic (exact) mass is 347 g/mol. The number of carbonyl (C=O) groups excluding carboxylic acids is 2. The lowest BCUT2D eigenvalue weighted by atomic mass is 9.76. The van der Waals surface area contributed by atoms with Gasteiger partial charge in [-0.1, -0.05) is 0 Å². The van der Waals surface area contributed by atoms with Crippen LogP contribution in [0, 0.1) is 12.3 Å². The number of hydrogen-bond donors (Lipinski definition) is 1. The van der Waals surface area contributed by atoms with Gasteiger partial charge in [-0.3, -0.25) is 9.59 Å². The Hall–Kier alpha value is -1.89. The Morgan fingerprint density at radius 1 is 1.28 bits per heavy atom. The second-order valence-corrected chi connectivity index (χ2v) is 7.64. The maximum absolute atomic E-state index is 12.8. The molecule has 1 saturated carbocycles. The molecule has 3 heterocycles. The van der Waals surface area contributed by atoms with Crippen molar-refractivity contribution in [3.8, 4) is 0 Å². The number of rotatable bonds is 3. The van der Waals surface area contributed by atoms with Gasteiger partial charge in [0.25, 0.3) is 5.91 Å². The number of ether oxygens (including phenoxy) is 1. The number of oxazole rings is 1. The fourth-order valence-electron chi connectivity index (χ4n) is 4.05. The largest absolute Gasteiger partial charge is 0.435 e. The molecular weight excluding hydrogens is 322 g/mol. The number of nitrogens with zero attached hydrogens (tertiary/aromatic N) is 2. The molecule has 136 valence electrons. The van der Waals surface area contributed by atoms with Crippen LogP contribution in [0.15, 0.2) is 4.42 Å². The zero-order valence-electron chi connectivity index (χ0n) is 14.8. The van der Waals surface area contributed by atoms with Crippen LogP contribution < -0.4 is 5.32 Å². The maximum atomic E-state index is 12.8. The van der Waals surface area contributed by atoms with Crippen LogP contribution in [0.25, 0.3) is 0 Å². The van der Waals surface area contributed by atoms with Gasteiger partial charge in [0.1, 0.15) is 0 Å². The van der Waals surface area contributed by atoms with Gasteiger partial charge in [-0.05, 0) is 32.6 Å². The molecule has 0 bridgehead atoms. The molecule has 3 fully saturated rings. The fraction of sp³-hybridized carbons (Fsp3) is 0.722. The first kappa shape index (κ1) is 16.6. The first-order valence-corrected chi connectivity index (χ1v) is 9.10. The summed E-state index contributed by atoms with van der Waals surface area (Å²) in [5.74, 6) is 1.19. The van der Waals surface area contributed by atoms with Crippen LogP contribution in [-0.4, -0.2) is 54.0 Å². The highest BCUT2D eigenvalue weighted by Crippen LogP contribution is 2.41. The van der Waals surface area contributed by atoms with Crippen molar-refractivity contribution in [2.45, 2.75) is 51.5 Å². The Balaban J connectivity index is 1.53. The molecule has 1 aliphatic carbocycles. The number of carbonyl (C=O) groups is 2. The fourth-order valence-corrected chi connectivity index (χ4v) is 4.05. The summed E-state index contributed by atoms with van der Waals surface area (Å²) in [5, 5.41) is 3.13. The topological polar surface area (TPSA) is 84.7 Å². The SMILES string of the molecule is CC(=O)N1CC(NC(=O)c2oc(C3CC3)nc2C)C2(CCOCC2)C1. The van der Waals surface area contributed by atoms with Crippen LogP contribution in [0.5, 0.6) is 0 Å². The third-order valence-electron chi connectivity index (χ3n) is 5.83. The summed E-state index contributed by atoms with van der Waals surface area (Å²) in [7, 11) is 0. The van der Waals surface area contributed by atoms with Gasteiger partial charge in [0, 0.05) is 44.6 Å². The van der Waals surface area contributed by atoms with E-state index in [4.69, 9.17) is 9.15 Å². The second kappa shape index (κ2) is 6.12. The smallest absolute Gasteiger partial charge is 0.289 e. The predicted octanol–water partition coefficient (Wildman–Crippen LogP) is 1.62. The van der Waals surface area contributed by atoms with E-state index < -0.39 is 0 Å². The Bertz CT molecular complexity index is 688. The quantitative estimate of drug-likeness (QED) is 0.898. The number of aromatic nitrogens is 1. The van der Waals surface area contributed by atoms with E-state index in [1.165, 1.54) is 0 Å². The molecule has 1 aromatic rings. The molecule has 0 aromatic carbocycles. The normalized spacial score (nSPS) is 25.4. The highest BCUT2D eigenvalue weighted by Gasteiger charge is 2.49. The minimum Gasteiger partial charge on any atom is -0.435 e. The lowest BCUT2D eigenvalue weighted by molar-refractivity contribution is -0.128. The van der Waals surface area contributed by atoms with Crippen molar-refractivity contribution in [2.24, 2.45) is 5.41 Å². The molecule has 1 N–H and O–H groups in total. The van der Waals surface area contributed by atoms with Crippen LogP contribution in [0.4, 0.5) is 0 Å². The summed E-state index contributed by atoms with van der Waals surface area (Å²) in [4.78, 5) is 30.9. The Kier molecular flexibility index (Phi) is 4.06. The number of likely N-dealkylation sites (tertiary alicyclic amines) is 1. The highest BCUT2D eigenvalue weighted by molar-refractivity contribution is 5.92. The zero-order valence-corrected chi connectivity index (χ0v) is 14.8. The summed E-state index contributed by atoms with van der Waals surface area (Å²) in [6.07, 6.45) is 3.87. The molecule has 1 atom stereocenters. The van der Waals surface area contributed by atoms with Crippen molar-refractivity contribution in [2.75, 3.05) is 26.3 Å². The van der Waals surface area contributed by atoms with E-state index in [0.29, 0.717) is 49.6 Å². The molecule has 25 heavy (non-hydrogen) atoms. The highest BCUT2D eigenvalue weighted by atomic mass is 16.5. The van der Waals surface area contributed by atoms with E-state index in [2.05, 4.69) is 10.3 Å². The van der Waals surface area contributed by atoms with Crippen LogP contribution in [0.1, 0.15) is 60.7 Å². The van der Waals surface area contributed by atoms with E-state index in [-0.39, 0.29) is 23.3 Å². The van der Waals surface area contributed by atoms with Gasteiger partial charge in [0.05, 0.1) is 11.7 Å². The van der Waals surface area contributed by atoms with Crippen LogP contribution in [0.3, 0.4) is 0 Å². The van der Waals surface area contributed by atoms with Crippen molar-refractivity contribution >= 4 is 11.8 Å². The Morgan fingerprint density at radius 3 is 2.64 bits per heavy atom. The molecule has 2 amide bonds. The number of nitrogens with one attached hydrogen (secondary N) is 1. The van der Waals surface area contributed by atoms with E-state index in [1.54, 1.807) is 6.92 Å². The molecule has 4 rings (SSSR count). The van der Waals surface area contributed by atoms with Crippen LogP contribution >= 0.6 is 0 Å². The number of amides is 2. The number of hydrogen-bond acceptors (Lipinski definition) is 5. The molecule has 3 aliphatic rings. The van der Waals surface area contributed by atoms with Gasteiger partial charge < -0.3 is 19.4 Å². The summed E-state index contributed by atoms with van der Waals surface area (Å²) >= 11 is 0. The minimum absolute atomic E-state index is 0.0504. The van der Waals surface area contributed by atoms with Gasteiger partial charge >= 0.3 is 0 Å². The van der Waals surface area contributed by atoms with Gasteiger partial charge in [0.2, 0.25) is 11.7 Å². The standard InChI is InChI=1S/C18H25N3O4/c1-11-15(25-17(19-11)13-3-4-13)16(23)20-14-9-21(12(2)22)10-18(14)5-7-24-8-6-18/h13-14H,3-10H2,1-2H3,(H,20,23). The molecular formula is C18H25N3O4. The Labute approximate surface area is 147 Å². The van der Waals surface area contributed by atoms with Crippen LogP contribution in [0.2, 0.25) is 0 Å². The van der Waals surface area contributed by atoms with E-state index in [9.17, 15) is 9.59 Å². The number of aryl methyl sites for hydroxylation is 1. The van der Waals surface area contributed by atoms with Gasteiger partial charge in [-0.2, -0.15) is 0 Å². The maximum Gasteiger partial charge on any atom is 0.289 e. The van der Waals surface area contributed by atoms with Gasteiger partial charge in [-0.25, -0.2) is 4.98 Å². The first-order chi connectivity index (χ1) is 12.0. The lowest BCUT2D eigenvalue weighted by Crippen LogP contribution is -2.49. The predicted molar refractivity (Wildman–Crippen MR) is 89.2 cm³/mol. The summed E-state index contributed by atoms with van der Waals surface area (Å²) in [6.45, 7) is 5.96. The summed E-state index contributed by atoms with van der Waals surface area (Å²) in [6, 6.07) is -0.0818. The summed E-state index contributed by atoms with van der Waals surface area (Å²) in [5.41, 5.74) is 0.536. The van der Waals surface area contributed by atoms with Crippen molar-refractivity contribution in [1.29, 1.82) is 0 Å². The molecule has 1 unspecified atom stereocenters. The van der Waals surface area contributed by atoms with Crippen molar-refractivity contribution in [1.82, 2.24) is 15.2 Å². The van der Waals surface area contributed by atoms with Crippen molar-refractivity contribution in [3.05, 3.63) is 17.3 Å². The molecule has 2 aliphatic heterocycles. The molecule has 1 aromatic heterocycles. The molecule has 7 nitrogen and oxygen atoms in total. The third kappa shape index (κ3) is 3.05. The third-order valence-corrected chi connectivity index (χ3v) is 5.83. The molecule has 2 saturated heterocycles. The van der Waals surface area contributed by atoms with Crippen molar-refractivity contribution < 1.29 is 18.7 Å². The zero-order chi connectivity index (χ0) is 17.6. The second-order valence-electron chi connectivity index (χ2n) is 7.64. The first-order valence-electron chi connectivity index (χ1n) is 9.10. The average Bonchev–Trinajstić information content (AvgIpc) is 3.28. The minimum atomic E-state index is -0.224. The van der Waals surface area contributed by atoms with E-state index in [1.807, 2.05) is 11.8 Å². The molecule has 0 radical (unpaired) electrons. The van der Waals surface area contributed by atoms with E-state index in [0.717, 1.165) is 25.7 Å².